The number of dihydropyridines is 1. The van der Waals surface area contributed by atoms with Gasteiger partial charge in [-0.2, -0.15) is 0 Å². The van der Waals surface area contributed by atoms with Gasteiger partial charge >= 0.3 is 0 Å². The summed E-state index contributed by atoms with van der Waals surface area (Å²) in [5, 5.41) is 3.57. The molecule has 0 amide bonds. The standard InChI is InChI=1S/C33H43N3O3/c1-23-12-10-11-15-28(23)32-30(25(3)37-6)24(2)35-29(21-38-19-17-34)31(32)26(4)39-33(5)16-18-36(22-33)20-27-13-8-7-9-14-27/h7-15,32,35H,3-4,16-22,34H2,1-2,5-6H3. The molecule has 6 heteroatoms. The fourth-order valence-corrected chi connectivity index (χ4v) is 5.74. The van der Waals surface area contributed by atoms with Crippen molar-refractivity contribution < 1.29 is 14.2 Å². The van der Waals surface area contributed by atoms with Crippen LogP contribution < -0.4 is 11.1 Å². The number of aryl methyl sites for hydroxylation is 1. The lowest BCUT2D eigenvalue weighted by Crippen LogP contribution is -2.35. The van der Waals surface area contributed by atoms with Crippen LogP contribution in [0.15, 0.2) is 102 Å². The Kier molecular flexibility index (Phi) is 9.33. The summed E-state index contributed by atoms with van der Waals surface area (Å²) in [4.78, 5) is 2.45. The molecule has 2 aliphatic heterocycles. The van der Waals surface area contributed by atoms with E-state index in [1.165, 1.54) is 11.1 Å². The summed E-state index contributed by atoms with van der Waals surface area (Å²) < 4.78 is 18.5. The summed E-state index contributed by atoms with van der Waals surface area (Å²) in [6.07, 6.45) is 0.917. The second kappa shape index (κ2) is 12.7. The van der Waals surface area contributed by atoms with Crippen LogP contribution in [0.25, 0.3) is 0 Å². The molecule has 2 aromatic carbocycles. The highest BCUT2D eigenvalue weighted by Crippen LogP contribution is 2.46. The monoisotopic (exact) mass is 529 g/mol. The van der Waals surface area contributed by atoms with Crippen molar-refractivity contribution in [3.05, 3.63) is 119 Å². The fourth-order valence-electron chi connectivity index (χ4n) is 5.74. The summed E-state index contributed by atoms with van der Waals surface area (Å²) in [5.74, 6) is 1.08. The molecule has 2 aromatic rings. The molecule has 0 radical (unpaired) electrons. The van der Waals surface area contributed by atoms with Gasteiger partial charge in [0.1, 0.15) is 17.1 Å². The van der Waals surface area contributed by atoms with Crippen molar-refractivity contribution in [3.63, 3.8) is 0 Å². The Labute approximate surface area is 233 Å². The number of likely N-dealkylation sites (tertiary alicyclic amines) is 1. The first-order valence-corrected chi connectivity index (χ1v) is 13.7. The van der Waals surface area contributed by atoms with Gasteiger partial charge in [0.05, 0.1) is 20.3 Å². The van der Waals surface area contributed by atoms with Gasteiger partial charge in [-0.3, -0.25) is 4.90 Å². The van der Waals surface area contributed by atoms with Gasteiger partial charge in [-0.25, -0.2) is 0 Å². The van der Waals surface area contributed by atoms with Crippen LogP contribution in [0.5, 0.6) is 0 Å². The van der Waals surface area contributed by atoms with Crippen molar-refractivity contribution in [2.45, 2.75) is 45.3 Å². The van der Waals surface area contributed by atoms with Crippen LogP contribution in [0.4, 0.5) is 0 Å². The molecule has 0 saturated carbocycles. The number of rotatable bonds is 12. The van der Waals surface area contributed by atoms with E-state index in [0.717, 1.165) is 54.2 Å². The van der Waals surface area contributed by atoms with Gasteiger partial charge in [-0.1, -0.05) is 67.8 Å². The maximum Gasteiger partial charge on any atom is 0.120 e. The predicted molar refractivity (Wildman–Crippen MR) is 158 cm³/mol. The minimum Gasteiger partial charge on any atom is -0.497 e. The molecular formula is C33H43N3O3. The van der Waals surface area contributed by atoms with Gasteiger partial charge in [-0.05, 0) is 37.5 Å². The van der Waals surface area contributed by atoms with Crippen molar-refractivity contribution in [2.75, 3.05) is 40.0 Å². The van der Waals surface area contributed by atoms with Crippen LogP contribution in [-0.4, -0.2) is 50.5 Å². The molecule has 0 spiro atoms. The zero-order valence-electron chi connectivity index (χ0n) is 23.9. The highest BCUT2D eigenvalue weighted by Gasteiger charge is 2.40. The minimum absolute atomic E-state index is 0.172. The number of allylic oxidation sites excluding steroid dienone is 3. The minimum atomic E-state index is -0.368. The van der Waals surface area contributed by atoms with Crippen LogP contribution in [0.1, 0.15) is 42.9 Å². The highest BCUT2D eigenvalue weighted by molar-refractivity contribution is 5.57. The van der Waals surface area contributed by atoms with Crippen LogP contribution in [-0.2, 0) is 20.8 Å². The van der Waals surface area contributed by atoms with Gasteiger partial charge in [0.15, 0.2) is 0 Å². The molecule has 0 bridgehead atoms. The van der Waals surface area contributed by atoms with E-state index in [0.29, 0.717) is 31.3 Å². The van der Waals surface area contributed by atoms with Gasteiger partial charge in [0, 0.05) is 61.1 Å². The lowest BCUT2D eigenvalue weighted by molar-refractivity contribution is 0.0294. The van der Waals surface area contributed by atoms with Gasteiger partial charge in [0.25, 0.3) is 0 Å². The van der Waals surface area contributed by atoms with E-state index in [4.69, 9.17) is 19.9 Å². The molecule has 6 nitrogen and oxygen atoms in total. The van der Waals surface area contributed by atoms with Crippen molar-refractivity contribution in [1.82, 2.24) is 10.2 Å². The van der Waals surface area contributed by atoms with E-state index in [2.05, 4.69) is 91.8 Å². The summed E-state index contributed by atoms with van der Waals surface area (Å²) in [7, 11) is 1.66. The first-order valence-electron chi connectivity index (χ1n) is 13.7. The number of hydrogen-bond donors (Lipinski definition) is 2. The first-order chi connectivity index (χ1) is 18.8. The van der Waals surface area contributed by atoms with Crippen LogP contribution >= 0.6 is 0 Å². The van der Waals surface area contributed by atoms with E-state index >= 15 is 0 Å². The lowest BCUT2D eigenvalue weighted by Gasteiger charge is -2.37. The molecule has 2 unspecified atom stereocenters. The Morgan fingerprint density at radius 3 is 2.46 bits per heavy atom. The van der Waals surface area contributed by atoms with Crippen molar-refractivity contribution in [3.8, 4) is 0 Å². The average molecular weight is 530 g/mol. The second-order valence-electron chi connectivity index (χ2n) is 10.7. The van der Waals surface area contributed by atoms with Gasteiger partial charge in [0.2, 0.25) is 0 Å². The Balaban J connectivity index is 1.68. The van der Waals surface area contributed by atoms with Gasteiger partial charge < -0.3 is 25.3 Å². The van der Waals surface area contributed by atoms with Gasteiger partial charge in [-0.15, -0.1) is 0 Å². The number of methoxy groups -OCH3 is 1. The Morgan fingerprint density at radius 1 is 1.05 bits per heavy atom. The zero-order chi connectivity index (χ0) is 28.0. The van der Waals surface area contributed by atoms with Crippen LogP contribution in [0, 0.1) is 6.92 Å². The van der Waals surface area contributed by atoms with E-state index < -0.39 is 0 Å². The molecule has 4 rings (SSSR count). The van der Waals surface area contributed by atoms with Crippen LogP contribution in [0.2, 0.25) is 0 Å². The third kappa shape index (κ3) is 6.64. The normalized spacial score (nSPS) is 21.6. The van der Waals surface area contributed by atoms with E-state index in [9.17, 15) is 0 Å². The number of nitrogens with one attached hydrogen (secondary N) is 1. The molecule has 2 aliphatic rings. The molecule has 39 heavy (non-hydrogen) atoms. The topological polar surface area (TPSA) is 69.0 Å². The summed E-state index contributed by atoms with van der Waals surface area (Å²) in [6, 6.07) is 19.0. The first kappa shape index (κ1) is 28.7. The predicted octanol–water partition coefficient (Wildman–Crippen LogP) is 5.54. The molecule has 1 saturated heterocycles. The third-order valence-corrected chi connectivity index (χ3v) is 7.63. The summed E-state index contributed by atoms with van der Waals surface area (Å²) >= 11 is 0. The molecular weight excluding hydrogens is 486 g/mol. The number of ether oxygens (including phenoxy) is 3. The molecule has 0 aromatic heterocycles. The average Bonchev–Trinajstić information content (AvgIpc) is 3.28. The molecule has 0 aliphatic carbocycles. The van der Waals surface area contributed by atoms with Crippen molar-refractivity contribution in [2.24, 2.45) is 5.73 Å². The molecule has 2 heterocycles. The number of nitrogens with zero attached hydrogens (tertiary/aromatic N) is 1. The zero-order valence-corrected chi connectivity index (χ0v) is 23.9. The molecule has 1 fully saturated rings. The van der Waals surface area contributed by atoms with Crippen molar-refractivity contribution in [1.29, 1.82) is 0 Å². The Hall–Kier alpha value is -3.32. The Morgan fingerprint density at radius 2 is 1.77 bits per heavy atom. The highest BCUT2D eigenvalue weighted by atomic mass is 16.5. The summed E-state index contributed by atoms with van der Waals surface area (Å²) in [6.45, 7) is 19.1. The second-order valence-corrected chi connectivity index (χ2v) is 10.7. The van der Waals surface area contributed by atoms with E-state index in [1.807, 2.05) is 6.92 Å². The number of benzene rings is 2. The fraction of sp³-hybridized carbons (Fsp3) is 0.394. The number of nitrogens with two attached hydrogens (primary N) is 1. The quantitative estimate of drug-likeness (QED) is 0.278. The maximum atomic E-state index is 6.82. The smallest absolute Gasteiger partial charge is 0.120 e. The third-order valence-electron chi connectivity index (χ3n) is 7.63. The maximum absolute atomic E-state index is 6.82. The van der Waals surface area contributed by atoms with Crippen LogP contribution in [0.3, 0.4) is 0 Å². The summed E-state index contributed by atoms with van der Waals surface area (Å²) in [5.41, 5.74) is 12.8. The Bertz CT molecular complexity index is 1250. The SMILES string of the molecule is C=C(OC)C1=C(C)NC(COCCN)=C(C(=C)OC2(C)CCN(Cc3ccccc3)C2)C1c1ccccc1C. The van der Waals surface area contributed by atoms with E-state index in [1.54, 1.807) is 7.11 Å². The lowest BCUT2D eigenvalue weighted by atomic mass is 9.77. The molecule has 3 N–H and O–H groups in total. The largest absolute Gasteiger partial charge is 0.497 e. The molecule has 2 atom stereocenters. The van der Waals surface area contributed by atoms with E-state index in [-0.39, 0.29) is 11.5 Å². The number of hydrogen-bond acceptors (Lipinski definition) is 6. The molecule has 208 valence electrons. The van der Waals surface area contributed by atoms with Crippen molar-refractivity contribution >= 4 is 0 Å².